The summed E-state index contributed by atoms with van der Waals surface area (Å²) in [5.41, 5.74) is 5.74. The van der Waals surface area contributed by atoms with E-state index in [0.29, 0.717) is 5.92 Å². The minimum Gasteiger partial charge on any atom is -0.258 e. The van der Waals surface area contributed by atoms with Crippen molar-refractivity contribution in [3.05, 3.63) is 81.9 Å². The number of nitro groups is 1. The molecule has 0 amide bonds. The maximum absolute atomic E-state index is 11.0. The maximum Gasteiger partial charge on any atom is 0.269 e. The van der Waals surface area contributed by atoms with Gasteiger partial charge in [0.1, 0.15) is 0 Å². The molecule has 3 aromatic carbocycles. The standard InChI is InChI=1S/C24H20N2O2/c1-15-5-4-8-20-22(15)23-19-7-3-2-6-16(19)11-14-21(23)25-24(20)17-9-12-18(13-10-17)26(27)28/h2-3,6-7,9-15H,4-5,8H2,1H3/t15-/m0/s1. The lowest BCUT2D eigenvalue weighted by Gasteiger charge is -2.27. The highest BCUT2D eigenvalue weighted by molar-refractivity contribution is 6.09. The van der Waals surface area contributed by atoms with Crippen molar-refractivity contribution in [2.75, 3.05) is 0 Å². The van der Waals surface area contributed by atoms with E-state index in [1.54, 1.807) is 12.1 Å². The van der Waals surface area contributed by atoms with E-state index in [1.165, 1.54) is 33.7 Å². The Morgan fingerprint density at radius 3 is 2.61 bits per heavy atom. The molecule has 0 aliphatic heterocycles. The van der Waals surface area contributed by atoms with Gasteiger partial charge in [-0.3, -0.25) is 10.1 Å². The molecule has 1 aliphatic carbocycles. The lowest BCUT2D eigenvalue weighted by molar-refractivity contribution is -0.384. The van der Waals surface area contributed by atoms with Crippen LogP contribution in [0.4, 0.5) is 5.69 Å². The zero-order valence-electron chi connectivity index (χ0n) is 15.7. The van der Waals surface area contributed by atoms with Crippen LogP contribution in [-0.4, -0.2) is 9.91 Å². The fraction of sp³-hybridized carbons (Fsp3) is 0.208. The minimum atomic E-state index is -0.360. The van der Waals surface area contributed by atoms with E-state index in [2.05, 4.69) is 43.3 Å². The largest absolute Gasteiger partial charge is 0.269 e. The first kappa shape index (κ1) is 16.9. The third-order valence-corrected chi connectivity index (χ3v) is 5.93. The van der Waals surface area contributed by atoms with E-state index >= 15 is 0 Å². The first-order valence-electron chi connectivity index (χ1n) is 9.72. The van der Waals surface area contributed by atoms with Crippen LogP contribution in [0.3, 0.4) is 0 Å². The fourth-order valence-electron chi connectivity index (χ4n) is 4.61. The monoisotopic (exact) mass is 368 g/mol. The van der Waals surface area contributed by atoms with E-state index in [0.717, 1.165) is 29.6 Å². The summed E-state index contributed by atoms with van der Waals surface area (Å²) < 4.78 is 0. The second kappa shape index (κ2) is 6.41. The number of pyridine rings is 1. The number of nitro benzene ring substituents is 1. The van der Waals surface area contributed by atoms with Gasteiger partial charge in [0.2, 0.25) is 0 Å². The van der Waals surface area contributed by atoms with Gasteiger partial charge in [-0.2, -0.15) is 0 Å². The van der Waals surface area contributed by atoms with Crippen LogP contribution in [0.15, 0.2) is 60.7 Å². The highest BCUT2D eigenvalue weighted by atomic mass is 16.6. The van der Waals surface area contributed by atoms with E-state index < -0.39 is 0 Å². The van der Waals surface area contributed by atoms with Gasteiger partial charge in [-0.25, -0.2) is 4.98 Å². The molecule has 0 bridgehead atoms. The Bertz CT molecular complexity index is 1230. The number of fused-ring (bicyclic) bond motifs is 5. The van der Waals surface area contributed by atoms with Gasteiger partial charge in [0.15, 0.2) is 0 Å². The number of hydrogen-bond donors (Lipinski definition) is 0. The maximum atomic E-state index is 11.0. The number of aromatic nitrogens is 1. The van der Waals surface area contributed by atoms with Gasteiger partial charge < -0.3 is 0 Å². The molecule has 4 heteroatoms. The van der Waals surface area contributed by atoms with Crippen molar-refractivity contribution in [2.24, 2.45) is 0 Å². The van der Waals surface area contributed by atoms with Crippen LogP contribution in [-0.2, 0) is 6.42 Å². The molecular formula is C24H20N2O2. The van der Waals surface area contributed by atoms with E-state index in [1.807, 2.05) is 12.1 Å². The summed E-state index contributed by atoms with van der Waals surface area (Å²) in [5.74, 6) is 0.469. The Morgan fingerprint density at radius 1 is 1.04 bits per heavy atom. The summed E-state index contributed by atoms with van der Waals surface area (Å²) in [6.45, 7) is 2.30. The van der Waals surface area contributed by atoms with Gasteiger partial charge in [0, 0.05) is 23.1 Å². The van der Waals surface area contributed by atoms with Crippen LogP contribution in [0.25, 0.3) is 32.9 Å². The third-order valence-electron chi connectivity index (χ3n) is 5.93. The molecule has 28 heavy (non-hydrogen) atoms. The molecule has 1 aromatic heterocycles. The number of rotatable bonds is 2. The molecule has 5 rings (SSSR count). The quantitative estimate of drug-likeness (QED) is 0.234. The molecule has 0 saturated carbocycles. The lowest BCUT2D eigenvalue weighted by Crippen LogP contribution is -2.11. The topological polar surface area (TPSA) is 56.0 Å². The summed E-state index contributed by atoms with van der Waals surface area (Å²) in [6, 6.07) is 19.5. The Hall–Kier alpha value is -3.27. The van der Waals surface area contributed by atoms with Crippen molar-refractivity contribution in [3.63, 3.8) is 0 Å². The molecular weight excluding hydrogens is 348 g/mol. The van der Waals surface area contributed by atoms with Crippen molar-refractivity contribution in [1.29, 1.82) is 0 Å². The summed E-state index contributed by atoms with van der Waals surface area (Å²) >= 11 is 0. The van der Waals surface area contributed by atoms with Crippen LogP contribution < -0.4 is 0 Å². The molecule has 0 N–H and O–H groups in total. The van der Waals surface area contributed by atoms with Crippen molar-refractivity contribution < 1.29 is 4.92 Å². The van der Waals surface area contributed by atoms with Crippen LogP contribution >= 0.6 is 0 Å². The zero-order chi connectivity index (χ0) is 19.3. The van der Waals surface area contributed by atoms with Crippen LogP contribution in [0.2, 0.25) is 0 Å². The SMILES string of the molecule is C[C@H]1CCCc2c(-c3ccc([N+](=O)[O-])cc3)nc3ccc4ccccc4c3c21. The average Bonchev–Trinajstić information content (AvgIpc) is 2.73. The van der Waals surface area contributed by atoms with Crippen molar-refractivity contribution in [2.45, 2.75) is 32.1 Å². The molecule has 0 radical (unpaired) electrons. The first-order chi connectivity index (χ1) is 13.6. The summed E-state index contributed by atoms with van der Waals surface area (Å²) in [5, 5.41) is 14.8. The first-order valence-corrected chi connectivity index (χ1v) is 9.72. The van der Waals surface area contributed by atoms with Gasteiger partial charge in [0.25, 0.3) is 5.69 Å². The van der Waals surface area contributed by atoms with Crippen LogP contribution in [0, 0.1) is 10.1 Å². The van der Waals surface area contributed by atoms with Crippen molar-refractivity contribution in [3.8, 4) is 11.3 Å². The van der Waals surface area contributed by atoms with Crippen molar-refractivity contribution in [1.82, 2.24) is 4.98 Å². The molecule has 0 saturated heterocycles. The Balaban J connectivity index is 1.84. The predicted octanol–water partition coefficient (Wildman–Crippen LogP) is 6.40. The van der Waals surface area contributed by atoms with E-state index in [-0.39, 0.29) is 10.6 Å². The Kier molecular flexibility index (Phi) is 3.86. The smallest absolute Gasteiger partial charge is 0.258 e. The fourth-order valence-corrected chi connectivity index (χ4v) is 4.61. The molecule has 0 fully saturated rings. The average molecular weight is 368 g/mol. The minimum absolute atomic E-state index is 0.109. The highest BCUT2D eigenvalue weighted by Crippen LogP contribution is 2.42. The number of non-ortho nitro benzene ring substituents is 1. The summed E-state index contributed by atoms with van der Waals surface area (Å²) in [7, 11) is 0. The van der Waals surface area contributed by atoms with Gasteiger partial charge in [-0.05, 0) is 65.3 Å². The normalized spacial score (nSPS) is 16.2. The predicted molar refractivity (Wildman–Crippen MR) is 113 cm³/mol. The van der Waals surface area contributed by atoms with Gasteiger partial charge in [-0.15, -0.1) is 0 Å². The zero-order valence-corrected chi connectivity index (χ0v) is 15.7. The molecule has 1 atom stereocenters. The second-order valence-corrected chi connectivity index (χ2v) is 7.63. The molecule has 138 valence electrons. The lowest BCUT2D eigenvalue weighted by atomic mass is 9.79. The van der Waals surface area contributed by atoms with Crippen molar-refractivity contribution >= 4 is 27.4 Å². The van der Waals surface area contributed by atoms with Gasteiger partial charge in [-0.1, -0.05) is 37.3 Å². The Morgan fingerprint density at radius 2 is 1.82 bits per heavy atom. The van der Waals surface area contributed by atoms with Crippen LogP contribution in [0.5, 0.6) is 0 Å². The molecule has 4 aromatic rings. The number of benzene rings is 3. The highest BCUT2D eigenvalue weighted by Gasteiger charge is 2.25. The van der Waals surface area contributed by atoms with Gasteiger partial charge in [0.05, 0.1) is 16.1 Å². The third kappa shape index (κ3) is 2.56. The molecule has 1 aliphatic rings. The second-order valence-electron chi connectivity index (χ2n) is 7.63. The van der Waals surface area contributed by atoms with Gasteiger partial charge >= 0.3 is 0 Å². The van der Waals surface area contributed by atoms with E-state index in [4.69, 9.17) is 4.98 Å². The molecule has 0 unspecified atom stereocenters. The Labute approximate surface area is 163 Å². The number of hydrogen-bond acceptors (Lipinski definition) is 3. The van der Waals surface area contributed by atoms with E-state index in [9.17, 15) is 10.1 Å². The summed E-state index contributed by atoms with van der Waals surface area (Å²) in [6.07, 6.45) is 3.32. The van der Waals surface area contributed by atoms with Crippen LogP contribution in [0.1, 0.15) is 36.8 Å². The molecule has 0 spiro atoms. The number of nitrogens with zero attached hydrogens (tertiary/aromatic N) is 2. The molecule has 1 heterocycles. The molecule has 4 nitrogen and oxygen atoms in total. The summed E-state index contributed by atoms with van der Waals surface area (Å²) in [4.78, 5) is 15.7.